The van der Waals surface area contributed by atoms with Crippen LogP contribution in [0.1, 0.15) is 41.0 Å². The number of thiazole rings is 1. The number of fused-ring (bicyclic) bond motifs is 1. The number of piperidine rings is 1. The van der Waals surface area contributed by atoms with Gasteiger partial charge < -0.3 is 21.7 Å². The topological polar surface area (TPSA) is 144 Å². The molecular weight excluding hydrogens is 484 g/mol. The molecule has 35 heavy (non-hydrogen) atoms. The average molecular weight is 515 g/mol. The van der Waals surface area contributed by atoms with Gasteiger partial charge in [0.25, 0.3) is 0 Å². The summed E-state index contributed by atoms with van der Waals surface area (Å²) in [4.78, 5) is 49.7. The number of aromatic nitrogens is 1. The van der Waals surface area contributed by atoms with E-state index in [-0.39, 0.29) is 34.8 Å². The summed E-state index contributed by atoms with van der Waals surface area (Å²) in [7, 11) is 0. The van der Waals surface area contributed by atoms with Gasteiger partial charge >= 0.3 is 0 Å². The summed E-state index contributed by atoms with van der Waals surface area (Å²) < 4.78 is 0. The smallest absolute Gasteiger partial charge is 0.244 e. The fourth-order valence-electron chi connectivity index (χ4n) is 4.58. The van der Waals surface area contributed by atoms with Crippen molar-refractivity contribution >= 4 is 46.7 Å². The minimum Gasteiger partial charge on any atom is -0.370 e. The van der Waals surface area contributed by atoms with Crippen LogP contribution >= 0.6 is 23.1 Å². The molecule has 0 spiro atoms. The van der Waals surface area contributed by atoms with Crippen molar-refractivity contribution in [1.82, 2.24) is 15.2 Å². The van der Waals surface area contributed by atoms with Crippen LogP contribution < -0.4 is 16.8 Å². The summed E-state index contributed by atoms with van der Waals surface area (Å²) in [5, 5.41) is 4.98. The van der Waals surface area contributed by atoms with Crippen molar-refractivity contribution in [3.63, 3.8) is 0 Å². The highest BCUT2D eigenvalue weighted by Gasteiger charge is 2.47. The number of carbonyl (C=O) groups is 3. The van der Waals surface area contributed by atoms with E-state index < -0.39 is 12.1 Å². The van der Waals surface area contributed by atoms with E-state index in [1.807, 2.05) is 30.3 Å². The molecule has 0 bridgehead atoms. The Labute approximate surface area is 212 Å². The number of carbonyl (C=O) groups excluding carboxylic acids is 3. The first kappa shape index (κ1) is 25.2. The first-order valence-corrected chi connectivity index (χ1v) is 13.6. The van der Waals surface area contributed by atoms with E-state index in [9.17, 15) is 14.4 Å². The van der Waals surface area contributed by atoms with E-state index in [2.05, 4.69) is 15.3 Å². The maximum atomic E-state index is 13.4. The number of rotatable bonds is 10. The number of nitrogens with zero attached hydrogens (tertiary/aromatic N) is 3. The van der Waals surface area contributed by atoms with Crippen molar-refractivity contribution in [3.8, 4) is 0 Å². The molecule has 2 amide bonds. The van der Waals surface area contributed by atoms with Crippen LogP contribution in [0, 0.1) is 5.92 Å². The Balaban J connectivity index is 1.44. The van der Waals surface area contributed by atoms with Gasteiger partial charge in [-0.2, -0.15) is 0 Å². The number of ketones is 1. The maximum absolute atomic E-state index is 13.4. The molecule has 9 nitrogen and oxygen atoms in total. The standard InChI is InChI=1S/C24H30N6O3S2/c25-24(26)28-10-4-7-17(20(31)22-27-11-12-34-22)29-21(32)18-14-35-19-9-8-16(23(33)30(18)19)13-15-5-2-1-3-6-15/h1-3,5-6,11-12,16-19H,4,7-10,13-14H2,(H,29,32)(H4,25,26,28)/t16?,17?,18-,19?/m0/s1. The lowest BCUT2D eigenvalue weighted by molar-refractivity contribution is -0.146. The van der Waals surface area contributed by atoms with Crippen LogP contribution in [-0.2, 0) is 16.0 Å². The molecule has 2 aliphatic heterocycles. The molecular formula is C24H30N6O3S2. The Morgan fingerprint density at radius 2 is 2.03 bits per heavy atom. The Bertz CT molecular complexity index is 1060. The number of nitrogens with two attached hydrogens (primary N) is 2. The number of aliphatic imine (C=N–C) groups is 1. The van der Waals surface area contributed by atoms with Gasteiger partial charge in [-0.05, 0) is 37.7 Å². The average Bonchev–Trinajstić information content (AvgIpc) is 3.53. The summed E-state index contributed by atoms with van der Waals surface area (Å²) in [5.41, 5.74) is 11.9. The number of thioether (sulfide) groups is 1. The fourth-order valence-corrected chi connectivity index (χ4v) is 6.65. The minimum atomic E-state index is -0.757. The van der Waals surface area contributed by atoms with Crippen LogP contribution in [0.25, 0.3) is 0 Å². The van der Waals surface area contributed by atoms with Gasteiger partial charge in [0.05, 0.1) is 11.4 Å². The second-order valence-corrected chi connectivity index (χ2v) is 10.8. The number of hydrogen-bond donors (Lipinski definition) is 3. The lowest BCUT2D eigenvalue weighted by Crippen LogP contribution is -2.56. The molecule has 2 aromatic rings. The number of hydrogen-bond acceptors (Lipinski definition) is 7. The third-order valence-corrected chi connectivity index (χ3v) is 8.45. The first-order chi connectivity index (χ1) is 16.9. The highest BCUT2D eigenvalue weighted by molar-refractivity contribution is 8.00. The molecule has 11 heteroatoms. The zero-order valence-corrected chi connectivity index (χ0v) is 21.0. The normalized spacial score (nSPS) is 22.3. The summed E-state index contributed by atoms with van der Waals surface area (Å²) in [6.45, 7) is 0.354. The number of nitrogens with one attached hydrogen (secondary N) is 1. The van der Waals surface area contributed by atoms with Crippen LogP contribution in [0.2, 0.25) is 0 Å². The Kier molecular flexibility index (Phi) is 8.40. The van der Waals surface area contributed by atoms with Crippen LogP contribution in [0.5, 0.6) is 0 Å². The van der Waals surface area contributed by atoms with Crippen molar-refractivity contribution in [2.75, 3.05) is 12.3 Å². The summed E-state index contributed by atoms with van der Waals surface area (Å²) >= 11 is 2.87. The number of benzene rings is 1. The van der Waals surface area contributed by atoms with Crippen molar-refractivity contribution in [2.45, 2.75) is 49.6 Å². The molecule has 4 rings (SSSR count). The van der Waals surface area contributed by atoms with Crippen molar-refractivity contribution in [1.29, 1.82) is 0 Å². The monoisotopic (exact) mass is 514 g/mol. The Hall–Kier alpha value is -2.92. The maximum Gasteiger partial charge on any atom is 0.244 e. The van der Waals surface area contributed by atoms with Crippen LogP contribution in [0.4, 0.5) is 0 Å². The number of guanidine groups is 1. The van der Waals surface area contributed by atoms with Crippen LogP contribution in [0.3, 0.4) is 0 Å². The van der Waals surface area contributed by atoms with E-state index in [0.717, 1.165) is 18.4 Å². The molecule has 1 aromatic heterocycles. The number of Topliss-reactive ketones (excluding diaryl/α,β-unsaturated/α-hetero) is 1. The summed E-state index contributed by atoms with van der Waals surface area (Å²) in [5.74, 6) is -0.162. The summed E-state index contributed by atoms with van der Waals surface area (Å²) in [6.07, 6.45) is 4.79. The molecule has 3 unspecified atom stereocenters. The lowest BCUT2D eigenvalue weighted by atomic mass is 9.89. The second-order valence-electron chi connectivity index (χ2n) is 8.72. The van der Waals surface area contributed by atoms with Gasteiger partial charge in [0, 0.05) is 29.8 Å². The van der Waals surface area contributed by atoms with Gasteiger partial charge in [-0.15, -0.1) is 23.1 Å². The minimum absolute atomic E-state index is 0.000235. The first-order valence-electron chi connectivity index (χ1n) is 11.7. The lowest BCUT2D eigenvalue weighted by Gasteiger charge is -2.37. The van der Waals surface area contributed by atoms with Crippen molar-refractivity contribution in [3.05, 3.63) is 52.5 Å². The Morgan fingerprint density at radius 1 is 1.23 bits per heavy atom. The van der Waals surface area contributed by atoms with Crippen LogP contribution in [-0.4, -0.2) is 63.2 Å². The van der Waals surface area contributed by atoms with Gasteiger partial charge in [0.2, 0.25) is 17.6 Å². The third kappa shape index (κ3) is 6.21. The van der Waals surface area contributed by atoms with Gasteiger partial charge in [-0.1, -0.05) is 30.3 Å². The fraction of sp³-hybridized carbons (Fsp3) is 0.458. The molecule has 4 atom stereocenters. The van der Waals surface area contributed by atoms with Crippen molar-refractivity contribution in [2.24, 2.45) is 22.4 Å². The zero-order chi connectivity index (χ0) is 24.8. The number of amides is 2. The molecule has 1 aromatic carbocycles. The Morgan fingerprint density at radius 3 is 2.74 bits per heavy atom. The quantitative estimate of drug-likeness (QED) is 0.190. The second kappa shape index (κ2) is 11.7. The zero-order valence-electron chi connectivity index (χ0n) is 19.3. The molecule has 5 N–H and O–H groups in total. The van der Waals surface area contributed by atoms with Gasteiger partial charge in [-0.3, -0.25) is 19.4 Å². The van der Waals surface area contributed by atoms with E-state index >= 15 is 0 Å². The van der Waals surface area contributed by atoms with Gasteiger partial charge in [0.1, 0.15) is 6.04 Å². The molecule has 0 aliphatic carbocycles. The molecule has 3 heterocycles. The molecule has 186 valence electrons. The predicted molar refractivity (Wildman–Crippen MR) is 138 cm³/mol. The largest absolute Gasteiger partial charge is 0.370 e. The molecule has 2 aliphatic rings. The van der Waals surface area contributed by atoms with Gasteiger partial charge in [0.15, 0.2) is 11.0 Å². The highest BCUT2D eigenvalue weighted by Crippen LogP contribution is 2.39. The molecule has 2 fully saturated rings. The molecule has 0 saturated carbocycles. The SMILES string of the molecule is NC(N)=NCCCC(NC(=O)[C@@H]1CSC2CCC(Cc3ccccc3)C(=O)N21)C(=O)c1nccs1. The predicted octanol–water partition coefficient (Wildman–Crippen LogP) is 1.79. The van der Waals surface area contributed by atoms with E-state index in [1.165, 1.54) is 11.3 Å². The van der Waals surface area contributed by atoms with Gasteiger partial charge in [-0.25, -0.2) is 4.98 Å². The van der Waals surface area contributed by atoms with E-state index in [0.29, 0.717) is 36.6 Å². The van der Waals surface area contributed by atoms with Crippen LogP contribution in [0.15, 0.2) is 46.9 Å². The third-order valence-electron chi connectivity index (χ3n) is 6.31. The molecule has 0 radical (unpaired) electrons. The molecule has 2 saturated heterocycles. The highest BCUT2D eigenvalue weighted by atomic mass is 32.2. The van der Waals surface area contributed by atoms with E-state index in [1.54, 1.807) is 28.2 Å². The van der Waals surface area contributed by atoms with E-state index in [4.69, 9.17) is 11.5 Å². The van der Waals surface area contributed by atoms with Crippen molar-refractivity contribution < 1.29 is 14.4 Å². The summed E-state index contributed by atoms with van der Waals surface area (Å²) in [6, 6.07) is 8.60.